The van der Waals surface area contributed by atoms with Gasteiger partial charge in [0.2, 0.25) is 0 Å². The number of hydrogen-bond acceptors (Lipinski definition) is 3. The van der Waals surface area contributed by atoms with Crippen molar-refractivity contribution in [2.24, 2.45) is 5.92 Å². The van der Waals surface area contributed by atoms with Crippen molar-refractivity contribution >= 4 is 0 Å². The molecule has 19 heavy (non-hydrogen) atoms. The van der Waals surface area contributed by atoms with Crippen molar-refractivity contribution in [3.63, 3.8) is 0 Å². The van der Waals surface area contributed by atoms with Crippen LogP contribution in [0.4, 0.5) is 0 Å². The van der Waals surface area contributed by atoms with Crippen LogP contribution in [0.5, 0.6) is 0 Å². The van der Waals surface area contributed by atoms with E-state index in [0.717, 1.165) is 25.5 Å². The number of H-pyrrole nitrogens is 1. The Morgan fingerprint density at radius 2 is 2.16 bits per heavy atom. The average molecular weight is 259 g/mol. The molecule has 1 aromatic heterocycles. The van der Waals surface area contributed by atoms with E-state index in [1.54, 1.807) is 6.20 Å². The Morgan fingerprint density at radius 1 is 1.32 bits per heavy atom. The summed E-state index contributed by atoms with van der Waals surface area (Å²) in [6, 6.07) is 10.3. The molecule has 1 unspecified atom stereocenters. The molecule has 102 valence electrons. The van der Waals surface area contributed by atoms with E-state index < -0.39 is 0 Å². The van der Waals surface area contributed by atoms with Crippen LogP contribution < -0.4 is 5.32 Å². The number of aromatic amines is 1. The van der Waals surface area contributed by atoms with E-state index in [1.165, 1.54) is 5.56 Å². The first-order valence-electron chi connectivity index (χ1n) is 6.65. The van der Waals surface area contributed by atoms with Crippen molar-refractivity contribution in [1.29, 1.82) is 0 Å². The number of aromatic nitrogens is 2. The minimum absolute atomic E-state index is 0.485. The Hall–Kier alpha value is -1.65. The van der Waals surface area contributed by atoms with Crippen molar-refractivity contribution < 1.29 is 4.74 Å². The van der Waals surface area contributed by atoms with Gasteiger partial charge in [0.25, 0.3) is 0 Å². The molecule has 2 aromatic rings. The molecule has 0 bridgehead atoms. The third-order valence-electron chi connectivity index (χ3n) is 2.85. The third-order valence-corrected chi connectivity index (χ3v) is 2.85. The Balaban J connectivity index is 1.56. The first-order chi connectivity index (χ1) is 9.34. The molecule has 0 amide bonds. The number of ether oxygens (including phenoxy) is 1. The molecule has 1 atom stereocenters. The molecule has 0 fully saturated rings. The summed E-state index contributed by atoms with van der Waals surface area (Å²) in [5.74, 6) is 1.45. The predicted octanol–water partition coefficient (Wildman–Crippen LogP) is 2.35. The normalized spacial score (nSPS) is 12.5. The Kier molecular flexibility index (Phi) is 5.59. The summed E-state index contributed by atoms with van der Waals surface area (Å²) in [7, 11) is 0. The third kappa shape index (κ3) is 5.24. The lowest BCUT2D eigenvalue weighted by Crippen LogP contribution is -2.24. The van der Waals surface area contributed by atoms with Crippen LogP contribution in [-0.4, -0.2) is 23.1 Å². The minimum atomic E-state index is 0.485. The zero-order valence-corrected chi connectivity index (χ0v) is 11.3. The van der Waals surface area contributed by atoms with Gasteiger partial charge in [-0.2, -0.15) is 0 Å². The van der Waals surface area contributed by atoms with Crippen molar-refractivity contribution in [2.45, 2.75) is 20.1 Å². The Labute approximate surface area is 114 Å². The molecule has 1 heterocycles. The monoisotopic (exact) mass is 259 g/mol. The van der Waals surface area contributed by atoms with Crippen molar-refractivity contribution in [2.75, 3.05) is 13.2 Å². The standard InChI is InChI=1S/C15H21N3O/c1-13(9-16-10-15-17-7-8-18-15)11-19-12-14-5-3-2-4-6-14/h2-8,13,16H,9-12H2,1H3,(H,17,18). The van der Waals surface area contributed by atoms with Crippen LogP contribution in [0.25, 0.3) is 0 Å². The lowest BCUT2D eigenvalue weighted by Gasteiger charge is -2.12. The van der Waals surface area contributed by atoms with Crippen LogP contribution >= 0.6 is 0 Å². The summed E-state index contributed by atoms with van der Waals surface area (Å²) in [5, 5.41) is 3.36. The Bertz CT molecular complexity index is 442. The molecule has 1 aromatic carbocycles. The fourth-order valence-electron chi connectivity index (χ4n) is 1.84. The first-order valence-corrected chi connectivity index (χ1v) is 6.65. The van der Waals surface area contributed by atoms with Crippen LogP contribution in [0, 0.1) is 5.92 Å². The molecule has 0 radical (unpaired) electrons. The number of rotatable bonds is 8. The summed E-state index contributed by atoms with van der Waals surface area (Å²) in [5.41, 5.74) is 1.22. The summed E-state index contributed by atoms with van der Waals surface area (Å²) in [6.45, 7) is 5.33. The van der Waals surface area contributed by atoms with Crippen molar-refractivity contribution in [1.82, 2.24) is 15.3 Å². The second-order valence-electron chi connectivity index (χ2n) is 4.77. The summed E-state index contributed by atoms with van der Waals surface area (Å²) < 4.78 is 5.71. The van der Waals surface area contributed by atoms with Gasteiger partial charge >= 0.3 is 0 Å². The second kappa shape index (κ2) is 7.71. The minimum Gasteiger partial charge on any atom is -0.376 e. The van der Waals surface area contributed by atoms with E-state index >= 15 is 0 Å². The highest BCUT2D eigenvalue weighted by molar-refractivity contribution is 5.13. The quantitative estimate of drug-likeness (QED) is 0.765. The maximum atomic E-state index is 5.71. The number of benzene rings is 1. The fraction of sp³-hybridized carbons (Fsp3) is 0.400. The van der Waals surface area contributed by atoms with Gasteiger partial charge in [-0.15, -0.1) is 0 Å². The fourth-order valence-corrected chi connectivity index (χ4v) is 1.84. The molecule has 2 N–H and O–H groups in total. The molecule has 0 spiro atoms. The van der Waals surface area contributed by atoms with Gasteiger partial charge in [0.05, 0.1) is 19.8 Å². The molecule has 0 aliphatic rings. The molecular formula is C15H21N3O. The summed E-state index contributed by atoms with van der Waals surface area (Å²) in [4.78, 5) is 7.24. The molecule has 0 saturated heterocycles. The smallest absolute Gasteiger partial charge is 0.120 e. The summed E-state index contributed by atoms with van der Waals surface area (Å²) in [6.07, 6.45) is 3.60. The van der Waals surface area contributed by atoms with Gasteiger partial charge in [0.1, 0.15) is 5.82 Å². The molecule has 2 rings (SSSR count). The van der Waals surface area contributed by atoms with E-state index in [2.05, 4.69) is 34.3 Å². The van der Waals surface area contributed by atoms with Gasteiger partial charge in [-0.1, -0.05) is 37.3 Å². The van der Waals surface area contributed by atoms with Crippen LogP contribution in [0.15, 0.2) is 42.7 Å². The molecule has 0 aliphatic carbocycles. The highest BCUT2D eigenvalue weighted by atomic mass is 16.5. The van der Waals surface area contributed by atoms with Gasteiger partial charge in [-0.05, 0) is 11.5 Å². The van der Waals surface area contributed by atoms with Crippen LogP contribution in [-0.2, 0) is 17.9 Å². The number of nitrogens with one attached hydrogen (secondary N) is 2. The van der Waals surface area contributed by atoms with Crippen LogP contribution in [0.3, 0.4) is 0 Å². The van der Waals surface area contributed by atoms with Gasteiger partial charge in [-0.3, -0.25) is 0 Å². The second-order valence-corrected chi connectivity index (χ2v) is 4.77. The highest BCUT2D eigenvalue weighted by Crippen LogP contribution is 2.03. The van der Waals surface area contributed by atoms with Crippen molar-refractivity contribution in [3.8, 4) is 0 Å². The predicted molar refractivity (Wildman–Crippen MR) is 75.6 cm³/mol. The lowest BCUT2D eigenvalue weighted by molar-refractivity contribution is 0.0917. The molecule has 0 saturated carbocycles. The van der Waals surface area contributed by atoms with E-state index in [-0.39, 0.29) is 0 Å². The SMILES string of the molecule is CC(CNCc1ncc[nH]1)COCc1ccccc1. The largest absolute Gasteiger partial charge is 0.376 e. The average Bonchev–Trinajstić information content (AvgIpc) is 2.93. The maximum absolute atomic E-state index is 5.71. The summed E-state index contributed by atoms with van der Waals surface area (Å²) >= 11 is 0. The van der Waals surface area contributed by atoms with Crippen LogP contribution in [0.2, 0.25) is 0 Å². The lowest BCUT2D eigenvalue weighted by atomic mass is 10.2. The number of nitrogens with zero attached hydrogens (tertiary/aromatic N) is 1. The van der Waals surface area contributed by atoms with E-state index in [0.29, 0.717) is 12.5 Å². The molecule has 4 heteroatoms. The number of imidazole rings is 1. The molecular weight excluding hydrogens is 238 g/mol. The van der Waals surface area contributed by atoms with Crippen molar-refractivity contribution in [3.05, 3.63) is 54.1 Å². The van der Waals surface area contributed by atoms with Gasteiger partial charge in [0.15, 0.2) is 0 Å². The van der Waals surface area contributed by atoms with E-state index in [1.807, 2.05) is 24.4 Å². The van der Waals surface area contributed by atoms with Gasteiger partial charge in [0, 0.05) is 18.9 Å². The highest BCUT2D eigenvalue weighted by Gasteiger charge is 2.03. The molecule has 4 nitrogen and oxygen atoms in total. The van der Waals surface area contributed by atoms with Gasteiger partial charge in [-0.25, -0.2) is 4.98 Å². The topological polar surface area (TPSA) is 49.9 Å². The zero-order chi connectivity index (χ0) is 13.3. The zero-order valence-electron chi connectivity index (χ0n) is 11.3. The van der Waals surface area contributed by atoms with Gasteiger partial charge < -0.3 is 15.0 Å². The maximum Gasteiger partial charge on any atom is 0.120 e. The Morgan fingerprint density at radius 3 is 2.89 bits per heavy atom. The molecule has 0 aliphatic heterocycles. The number of hydrogen-bond donors (Lipinski definition) is 2. The van der Waals surface area contributed by atoms with Crippen LogP contribution in [0.1, 0.15) is 18.3 Å². The van der Waals surface area contributed by atoms with E-state index in [9.17, 15) is 0 Å². The van der Waals surface area contributed by atoms with E-state index in [4.69, 9.17) is 4.74 Å². The first kappa shape index (κ1) is 13.8.